The van der Waals surface area contributed by atoms with E-state index < -0.39 is 0 Å². The zero-order chi connectivity index (χ0) is 14.8. The minimum atomic E-state index is -0.281. The summed E-state index contributed by atoms with van der Waals surface area (Å²) in [5.41, 5.74) is 1.57. The number of aromatic nitrogens is 4. The molecule has 0 aliphatic heterocycles. The van der Waals surface area contributed by atoms with Gasteiger partial charge in [0.15, 0.2) is 5.82 Å². The molecular formula is C14H9Cl2FN4. The number of tetrazole rings is 1. The van der Waals surface area contributed by atoms with Crippen molar-refractivity contribution < 1.29 is 4.39 Å². The standard InChI is InChI=1S/C14H9Cl2FN4/c15-10-3-6-12(13(16)7-10)14-18-19-20-21(14)8-9-1-4-11(17)5-2-9/h1-7H,8H2. The molecular weight excluding hydrogens is 314 g/mol. The van der Waals surface area contributed by atoms with Crippen LogP contribution in [0.2, 0.25) is 10.0 Å². The number of nitrogens with zero attached hydrogens (tertiary/aromatic N) is 4. The molecule has 0 aliphatic carbocycles. The Bertz CT molecular complexity index is 771. The fourth-order valence-electron chi connectivity index (χ4n) is 1.94. The first-order valence-corrected chi connectivity index (χ1v) is 6.85. The third-order valence-electron chi connectivity index (χ3n) is 2.95. The third kappa shape index (κ3) is 3.04. The Hall–Kier alpha value is -1.98. The molecule has 0 N–H and O–H groups in total. The van der Waals surface area contributed by atoms with Crippen LogP contribution in [-0.2, 0) is 6.54 Å². The quantitative estimate of drug-likeness (QED) is 0.736. The molecule has 106 valence electrons. The van der Waals surface area contributed by atoms with E-state index in [2.05, 4.69) is 15.5 Å². The highest BCUT2D eigenvalue weighted by Crippen LogP contribution is 2.28. The lowest BCUT2D eigenvalue weighted by atomic mass is 10.2. The molecule has 7 heteroatoms. The first-order chi connectivity index (χ1) is 10.1. The lowest BCUT2D eigenvalue weighted by molar-refractivity contribution is 0.622. The summed E-state index contributed by atoms with van der Waals surface area (Å²) in [6, 6.07) is 11.3. The normalized spacial score (nSPS) is 10.8. The second-order valence-corrected chi connectivity index (χ2v) is 5.25. The summed E-state index contributed by atoms with van der Waals surface area (Å²) in [5.74, 6) is 0.248. The minimum Gasteiger partial charge on any atom is -0.221 e. The Morgan fingerprint density at radius 1 is 1.05 bits per heavy atom. The molecule has 2 aromatic carbocycles. The molecule has 0 saturated heterocycles. The van der Waals surface area contributed by atoms with Crippen LogP contribution in [0.15, 0.2) is 42.5 Å². The summed E-state index contributed by atoms with van der Waals surface area (Å²) in [5, 5.41) is 12.6. The molecule has 0 amide bonds. The maximum atomic E-state index is 12.9. The Labute approximate surface area is 130 Å². The van der Waals surface area contributed by atoms with Crippen molar-refractivity contribution in [3.8, 4) is 11.4 Å². The van der Waals surface area contributed by atoms with Gasteiger partial charge in [-0.3, -0.25) is 0 Å². The molecule has 0 saturated carbocycles. The van der Waals surface area contributed by atoms with Gasteiger partial charge in [0.1, 0.15) is 5.82 Å². The molecule has 0 atom stereocenters. The Balaban J connectivity index is 1.95. The van der Waals surface area contributed by atoms with Gasteiger partial charge >= 0.3 is 0 Å². The van der Waals surface area contributed by atoms with E-state index in [0.717, 1.165) is 5.56 Å². The summed E-state index contributed by atoms with van der Waals surface area (Å²) >= 11 is 12.1. The van der Waals surface area contributed by atoms with Gasteiger partial charge in [-0.15, -0.1) is 5.10 Å². The molecule has 21 heavy (non-hydrogen) atoms. The van der Waals surface area contributed by atoms with Crippen LogP contribution < -0.4 is 0 Å². The van der Waals surface area contributed by atoms with Gasteiger partial charge in [0.2, 0.25) is 0 Å². The predicted octanol–water partition coefficient (Wildman–Crippen LogP) is 3.83. The summed E-state index contributed by atoms with van der Waals surface area (Å²) in [6.07, 6.45) is 0. The van der Waals surface area contributed by atoms with Crippen LogP contribution in [0.1, 0.15) is 5.56 Å². The van der Waals surface area contributed by atoms with Gasteiger partial charge in [-0.25, -0.2) is 9.07 Å². The van der Waals surface area contributed by atoms with Crippen molar-refractivity contribution in [2.45, 2.75) is 6.54 Å². The van der Waals surface area contributed by atoms with Crippen molar-refractivity contribution >= 4 is 23.2 Å². The number of rotatable bonds is 3. The largest absolute Gasteiger partial charge is 0.221 e. The van der Waals surface area contributed by atoms with Crippen LogP contribution in [0.3, 0.4) is 0 Å². The van der Waals surface area contributed by atoms with E-state index in [1.54, 1.807) is 35.0 Å². The molecule has 3 rings (SSSR count). The topological polar surface area (TPSA) is 43.6 Å². The molecule has 0 aliphatic rings. The van der Waals surface area contributed by atoms with E-state index in [1.807, 2.05) is 0 Å². The third-order valence-corrected chi connectivity index (χ3v) is 3.50. The summed E-state index contributed by atoms with van der Waals surface area (Å²) in [7, 11) is 0. The Morgan fingerprint density at radius 3 is 2.52 bits per heavy atom. The van der Waals surface area contributed by atoms with Gasteiger partial charge in [-0.1, -0.05) is 35.3 Å². The molecule has 0 bridgehead atoms. The van der Waals surface area contributed by atoms with Crippen molar-refractivity contribution in [1.82, 2.24) is 20.2 Å². The average Bonchev–Trinajstić information content (AvgIpc) is 2.89. The summed E-state index contributed by atoms with van der Waals surface area (Å²) in [6.45, 7) is 0.418. The highest BCUT2D eigenvalue weighted by Gasteiger charge is 2.13. The number of hydrogen-bond donors (Lipinski definition) is 0. The predicted molar refractivity (Wildman–Crippen MR) is 78.8 cm³/mol. The fraction of sp³-hybridized carbons (Fsp3) is 0.0714. The molecule has 1 aromatic heterocycles. The number of benzene rings is 2. The van der Waals surface area contributed by atoms with Gasteiger partial charge in [-0.05, 0) is 46.3 Å². The van der Waals surface area contributed by atoms with E-state index >= 15 is 0 Å². The van der Waals surface area contributed by atoms with E-state index in [1.165, 1.54) is 12.1 Å². The van der Waals surface area contributed by atoms with Crippen LogP contribution in [0, 0.1) is 5.82 Å². The van der Waals surface area contributed by atoms with Crippen molar-refractivity contribution in [1.29, 1.82) is 0 Å². The average molecular weight is 323 g/mol. The first-order valence-electron chi connectivity index (χ1n) is 6.09. The van der Waals surface area contributed by atoms with Gasteiger partial charge in [-0.2, -0.15) is 0 Å². The lowest BCUT2D eigenvalue weighted by Crippen LogP contribution is -2.04. The Kier molecular flexibility index (Phi) is 3.86. The first kappa shape index (κ1) is 14.0. The molecule has 0 spiro atoms. The molecule has 0 radical (unpaired) electrons. The maximum absolute atomic E-state index is 12.9. The van der Waals surface area contributed by atoms with Crippen molar-refractivity contribution in [3.63, 3.8) is 0 Å². The van der Waals surface area contributed by atoms with Crippen LogP contribution >= 0.6 is 23.2 Å². The van der Waals surface area contributed by atoms with E-state index in [9.17, 15) is 4.39 Å². The van der Waals surface area contributed by atoms with Gasteiger partial charge in [0.05, 0.1) is 11.6 Å². The molecule has 1 heterocycles. The summed E-state index contributed by atoms with van der Waals surface area (Å²) in [4.78, 5) is 0. The van der Waals surface area contributed by atoms with E-state index in [-0.39, 0.29) is 5.82 Å². The number of hydrogen-bond acceptors (Lipinski definition) is 3. The van der Waals surface area contributed by atoms with E-state index in [0.29, 0.717) is 28.0 Å². The van der Waals surface area contributed by atoms with E-state index in [4.69, 9.17) is 23.2 Å². The van der Waals surface area contributed by atoms with Crippen LogP contribution in [0.25, 0.3) is 11.4 Å². The van der Waals surface area contributed by atoms with Gasteiger partial charge < -0.3 is 0 Å². The monoisotopic (exact) mass is 322 g/mol. The zero-order valence-electron chi connectivity index (χ0n) is 10.7. The molecule has 4 nitrogen and oxygen atoms in total. The SMILES string of the molecule is Fc1ccc(Cn2nnnc2-c2ccc(Cl)cc2Cl)cc1. The second kappa shape index (κ2) is 5.79. The van der Waals surface area contributed by atoms with Crippen molar-refractivity contribution in [2.75, 3.05) is 0 Å². The van der Waals surface area contributed by atoms with Crippen LogP contribution in [0.5, 0.6) is 0 Å². The highest BCUT2D eigenvalue weighted by molar-refractivity contribution is 6.36. The molecule has 0 unspecified atom stereocenters. The lowest BCUT2D eigenvalue weighted by Gasteiger charge is -2.06. The van der Waals surface area contributed by atoms with Crippen molar-refractivity contribution in [3.05, 3.63) is 63.9 Å². The summed E-state index contributed by atoms with van der Waals surface area (Å²) < 4.78 is 14.5. The van der Waals surface area contributed by atoms with Gasteiger partial charge in [0.25, 0.3) is 0 Å². The van der Waals surface area contributed by atoms with Crippen LogP contribution in [0.4, 0.5) is 4.39 Å². The molecule has 3 aromatic rings. The number of halogens is 3. The van der Waals surface area contributed by atoms with Gasteiger partial charge in [0, 0.05) is 10.6 Å². The van der Waals surface area contributed by atoms with Crippen LogP contribution in [-0.4, -0.2) is 20.2 Å². The second-order valence-electron chi connectivity index (χ2n) is 4.41. The maximum Gasteiger partial charge on any atom is 0.183 e. The Morgan fingerprint density at radius 2 is 1.81 bits per heavy atom. The smallest absolute Gasteiger partial charge is 0.183 e. The molecule has 0 fully saturated rings. The highest BCUT2D eigenvalue weighted by atomic mass is 35.5. The van der Waals surface area contributed by atoms with Crippen molar-refractivity contribution in [2.24, 2.45) is 0 Å². The minimum absolute atomic E-state index is 0.281. The fourth-order valence-corrected chi connectivity index (χ4v) is 2.43. The zero-order valence-corrected chi connectivity index (χ0v) is 12.2.